The Kier molecular flexibility index (Phi) is 4.24. The number of amides is 1. The Morgan fingerprint density at radius 1 is 1.58 bits per heavy atom. The molecule has 5 heteroatoms. The minimum absolute atomic E-state index is 0.123. The van der Waals surface area contributed by atoms with E-state index in [9.17, 15) is 4.79 Å². The number of carbonyl (C=O) groups excluding carboxylic acids is 1. The monoisotopic (exact) mass is 264 g/mol. The van der Waals surface area contributed by atoms with Crippen LogP contribution in [0, 0.1) is 13.8 Å². The van der Waals surface area contributed by atoms with E-state index in [1.807, 2.05) is 18.5 Å². The van der Waals surface area contributed by atoms with Gasteiger partial charge in [0.05, 0.1) is 11.2 Å². The highest BCUT2D eigenvalue weighted by Crippen LogP contribution is 2.18. The highest BCUT2D eigenvalue weighted by molar-refractivity contribution is 5.86. The average Bonchev–Trinajstić information content (AvgIpc) is 2.92. The molecule has 0 saturated carbocycles. The number of hydrogen-bond acceptors (Lipinski definition) is 3. The summed E-state index contributed by atoms with van der Waals surface area (Å²) >= 11 is 0. The van der Waals surface area contributed by atoms with E-state index in [1.54, 1.807) is 0 Å². The quantitative estimate of drug-likeness (QED) is 0.784. The maximum absolute atomic E-state index is 12.1. The van der Waals surface area contributed by atoms with Crippen molar-refractivity contribution in [2.45, 2.75) is 52.1 Å². The topological polar surface area (TPSA) is 59.0 Å². The van der Waals surface area contributed by atoms with Crippen LogP contribution >= 0.6 is 0 Å². The van der Waals surface area contributed by atoms with Gasteiger partial charge < -0.3 is 10.6 Å². The minimum atomic E-state index is -0.363. The van der Waals surface area contributed by atoms with Crippen molar-refractivity contribution in [1.82, 2.24) is 20.4 Å². The van der Waals surface area contributed by atoms with Gasteiger partial charge in [0.2, 0.25) is 5.91 Å². The third-order valence-electron chi connectivity index (χ3n) is 3.81. The molecule has 0 aromatic carbocycles. The number of nitrogens with zero attached hydrogens (tertiary/aromatic N) is 2. The van der Waals surface area contributed by atoms with E-state index in [0.29, 0.717) is 6.54 Å². The second kappa shape index (κ2) is 5.74. The predicted octanol–water partition coefficient (Wildman–Crippen LogP) is 1.15. The number of aryl methyl sites for hydroxylation is 3. The number of carbonyl (C=O) groups is 1. The van der Waals surface area contributed by atoms with E-state index < -0.39 is 0 Å². The van der Waals surface area contributed by atoms with Crippen molar-refractivity contribution in [3.8, 4) is 0 Å². The van der Waals surface area contributed by atoms with Gasteiger partial charge in [-0.15, -0.1) is 0 Å². The SMILES string of the molecule is Cc1cc(C)n(CCCNC(=O)C2(C)CCCN2)n1. The van der Waals surface area contributed by atoms with Gasteiger partial charge in [0.15, 0.2) is 0 Å². The zero-order valence-electron chi connectivity index (χ0n) is 12.1. The molecule has 1 saturated heterocycles. The van der Waals surface area contributed by atoms with Crippen molar-refractivity contribution in [3.05, 3.63) is 17.5 Å². The Hall–Kier alpha value is -1.36. The van der Waals surface area contributed by atoms with Crippen LogP contribution in [-0.4, -0.2) is 34.3 Å². The van der Waals surface area contributed by atoms with E-state index in [0.717, 1.165) is 38.0 Å². The molecule has 1 unspecified atom stereocenters. The zero-order valence-corrected chi connectivity index (χ0v) is 12.1. The largest absolute Gasteiger partial charge is 0.354 e. The predicted molar refractivity (Wildman–Crippen MR) is 75.0 cm³/mol. The summed E-state index contributed by atoms with van der Waals surface area (Å²) in [6.45, 7) is 8.53. The van der Waals surface area contributed by atoms with E-state index in [-0.39, 0.29) is 11.4 Å². The van der Waals surface area contributed by atoms with Crippen LogP contribution in [-0.2, 0) is 11.3 Å². The third kappa shape index (κ3) is 3.35. The highest BCUT2D eigenvalue weighted by atomic mass is 16.2. The van der Waals surface area contributed by atoms with Gasteiger partial charge in [0, 0.05) is 18.8 Å². The highest BCUT2D eigenvalue weighted by Gasteiger charge is 2.35. The first-order valence-electron chi connectivity index (χ1n) is 7.06. The van der Waals surface area contributed by atoms with Gasteiger partial charge in [0.1, 0.15) is 0 Å². The molecule has 1 amide bonds. The molecule has 1 aliphatic rings. The Morgan fingerprint density at radius 2 is 2.37 bits per heavy atom. The molecular weight excluding hydrogens is 240 g/mol. The summed E-state index contributed by atoms with van der Waals surface area (Å²) < 4.78 is 2.00. The Bertz CT molecular complexity index is 446. The Balaban J connectivity index is 1.72. The lowest BCUT2D eigenvalue weighted by atomic mass is 9.99. The third-order valence-corrected chi connectivity index (χ3v) is 3.81. The number of aromatic nitrogens is 2. The van der Waals surface area contributed by atoms with Gasteiger partial charge in [-0.2, -0.15) is 5.10 Å². The average molecular weight is 264 g/mol. The lowest BCUT2D eigenvalue weighted by Gasteiger charge is -2.23. The van der Waals surface area contributed by atoms with Crippen molar-refractivity contribution >= 4 is 5.91 Å². The van der Waals surface area contributed by atoms with Crippen LogP contribution in [0.4, 0.5) is 0 Å². The lowest BCUT2D eigenvalue weighted by molar-refractivity contribution is -0.126. The summed E-state index contributed by atoms with van der Waals surface area (Å²) in [6.07, 6.45) is 2.91. The lowest BCUT2D eigenvalue weighted by Crippen LogP contribution is -2.51. The van der Waals surface area contributed by atoms with Crippen molar-refractivity contribution in [2.24, 2.45) is 0 Å². The van der Waals surface area contributed by atoms with E-state index in [2.05, 4.69) is 28.7 Å². The van der Waals surface area contributed by atoms with Crippen LogP contribution in [0.2, 0.25) is 0 Å². The molecule has 0 bridgehead atoms. The smallest absolute Gasteiger partial charge is 0.240 e. The molecule has 2 heterocycles. The van der Waals surface area contributed by atoms with Crippen molar-refractivity contribution < 1.29 is 4.79 Å². The van der Waals surface area contributed by atoms with E-state index in [4.69, 9.17) is 0 Å². The zero-order chi connectivity index (χ0) is 13.9. The van der Waals surface area contributed by atoms with Crippen molar-refractivity contribution in [3.63, 3.8) is 0 Å². The molecule has 1 atom stereocenters. The molecule has 2 rings (SSSR count). The van der Waals surface area contributed by atoms with Crippen LogP contribution in [0.5, 0.6) is 0 Å². The van der Waals surface area contributed by atoms with Crippen molar-refractivity contribution in [2.75, 3.05) is 13.1 Å². The first-order valence-corrected chi connectivity index (χ1v) is 7.06. The molecule has 0 radical (unpaired) electrons. The van der Waals surface area contributed by atoms with Crippen LogP contribution in [0.1, 0.15) is 37.6 Å². The van der Waals surface area contributed by atoms with E-state index >= 15 is 0 Å². The molecule has 5 nitrogen and oxygen atoms in total. The van der Waals surface area contributed by atoms with Gasteiger partial charge >= 0.3 is 0 Å². The molecule has 1 fully saturated rings. The standard InChI is InChI=1S/C14H24N4O/c1-11-10-12(2)18(17-11)9-5-7-15-13(19)14(3)6-4-8-16-14/h10,16H,4-9H2,1-3H3,(H,15,19). The van der Waals surface area contributed by atoms with Gasteiger partial charge in [-0.25, -0.2) is 0 Å². The molecule has 1 aromatic rings. The second-order valence-electron chi connectivity index (χ2n) is 5.62. The summed E-state index contributed by atoms with van der Waals surface area (Å²) in [7, 11) is 0. The summed E-state index contributed by atoms with van der Waals surface area (Å²) in [5.41, 5.74) is 1.86. The van der Waals surface area contributed by atoms with Gasteiger partial charge in [0.25, 0.3) is 0 Å². The van der Waals surface area contributed by atoms with E-state index in [1.165, 1.54) is 5.69 Å². The maximum atomic E-state index is 12.1. The van der Waals surface area contributed by atoms with Gasteiger partial charge in [-0.1, -0.05) is 0 Å². The molecule has 1 aromatic heterocycles. The fourth-order valence-corrected chi connectivity index (χ4v) is 2.62. The summed E-state index contributed by atoms with van der Waals surface area (Å²) in [6, 6.07) is 2.07. The fourth-order valence-electron chi connectivity index (χ4n) is 2.62. The minimum Gasteiger partial charge on any atom is -0.354 e. The summed E-state index contributed by atoms with van der Waals surface area (Å²) in [5.74, 6) is 0.123. The van der Waals surface area contributed by atoms with Crippen LogP contribution in [0.3, 0.4) is 0 Å². The normalized spacial score (nSPS) is 22.7. The van der Waals surface area contributed by atoms with Crippen LogP contribution in [0.25, 0.3) is 0 Å². The molecular formula is C14H24N4O. The summed E-state index contributed by atoms with van der Waals surface area (Å²) in [4.78, 5) is 12.1. The molecule has 0 spiro atoms. The number of hydrogen-bond donors (Lipinski definition) is 2. The Morgan fingerprint density at radius 3 is 2.95 bits per heavy atom. The van der Waals surface area contributed by atoms with Gasteiger partial charge in [-0.05, 0) is 52.6 Å². The second-order valence-corrected chi connectivity index (χ2v) is 5.62. The van der Waals surface area contributed by atoms with Gasteiger partial charge in [-0.3, -0.25) is 9.48 Å². The molecule has 19 heavy (non-hydrogen) atoms. The molecule has 1 aliphatic heterocycles. The molecule has 2 N–H and O–H groups in total. The number of nitrogens with one attached hydrogen (secondary N) is 2. The van der Waals surface area contributed by atoms with Crippen LogP contribution < -0.4 is 10.6 Å². The van der Waals surface area contributed by atoms with Crippen molar-refractivity contribution in [1.29, 1.82) is 0 Å². The first-order chi connectivity index (χ1) is 9.01. The molecule has 106 valence electrons. The Labute approximate surface area is 114 Å². The van der Waals surface area contributed by atoms with Crippen LogP contribution in [0.15, 0.2) is 6.07 Å². The summed E-state index contributed by atoms with van der Waals surface area (Å²) in [5, 5.41) is 10.7. The molecule has 0 aliphatic carbocycles. The number of rotatable bonds is 5. The first kappa shape index (κ1) is 14.1. The maximum Gasteiger partial charge on any atom is 0.240 e. The fraction of sp³-hybridized carbons (Fsp3) is 0.714.